The van der Waals surface area contributed by atoms with Crippen molar-refractivity contribution in [3.8, 4) is 0 Å². The molecule has 0 bridgehead atoms. The Labute approximate surface area is 112 Å². The van der Waals surface area contributed by atoms with Crippen LogP contribution >= 0.6 is 0 Å². The molecule has 2 aliphatic rings. The zero-order valence-electron chi connectivity index (χ0n) is 12.2. The van der Waals surface area contributed by atoms with E-state index in [4.69, 9.17) is 0 Å². The molecule has 0 radical (unpaired) electrons. The van der Waals surface area contributed by atoms with Crippen molar-refractivity contribution in [2.75, 3.05) is 19.6 Å². The van der Waals surface area contributed by atoms with Crippen molar-refractivity contribution in [3.05, 3.63) is 0 Å². The van der Waals surface area contributed by atoms with Gasteiger partial charge >= 0.3 is 0 Å². The summed E-state index contributed by atoms with van der Waals surface area (Å²) in [6.45, 7) is 8.09. The molecule has 0 aromatic rings. The molecule has 1 heterocycles. The van der Waals surface area contributed by atoms with E-state index in [9.17, 15) is 4.79 Å². The van der Waals surface area contributed by atoms with Crippen molar-refractivity contribution in [3.63, 3.8) is 0 Å². The lowest BCUT2D eigenvalue weighted by Gasteiger charge is -2.39. The molecular weight excluding hydrogens is 222 g/mol. The summed E-state index contributed by atoms with van der Waals surface area (Å²) in [5, 5.41) is 0. The van der Waals surface area contributed by atoms with E-state index in [0.29, 0.717) is 0 Å². The van der Waals surface area contributed by atoms with Crippen LogP contribution in [-0.4, -0.2) is 30.8 Å². The van der Waals surface area contributed by atoms with E-state index in [1.165, 1.54) is 51.5 Å². The Balaban J connectivity index is 1.94. The Morgan fingerprint density at radius 2 is 1.89 bits per heavy atom. The van der Waals surface area contributed by atoms with Gasteiger partial charge in [0, 0.05) is 12.0 Å². The Morgan fingerprint density at radius 3 is 2.61 bits per heavy atom. The van der Waals surface area contributed by atoms with E-state index in [2.05, 4.69) is 18.7 Å². The molecule has 1 saturated carbocycles. The molecule has 1 saturated heterocycles. The van der Waals surface area contributed by atoms with E-state index in [1.807, 2.05) is 0 Å². The van der Waals surface area contributed by atoms with Gasteiger partial charge in [0.05, 0.1) is 0 Å². The van der Waals surface area contributed by atoms with Crippen molar-refractivity contribution in [1.29, 1.82) is 0 Å². The molecule has 18 heavy (non-hydrogen) atoms. The van der Waals surface area contributed by atoms with E-state index in [-0.39, 0.29) is 5.41 Å². The molecule has 2 heteroatoms. The lowest BCUT2D eigenvalue weighted by atomic mass is 9.70. The van der Waals surface area contributed by atoms with Crippen molar-refractivity contribution in [2.24, 2.45) is 17.3 Å². The van der Waals surface area contributed by atoms with Crippen LogP contribution in [0.2, 0.25) is 0 Å². The van der Waals surface area contributed by atoms with Gasteiger partial charge < -0.3 is 9.69 Å². The molecule has 0 amide bonds. The highest BCUT2D eigenvalue weighted by Crippen LogP contribution is 2.38. The minimum absolute atomic E-state index is 0.0226. The third-order valence-electron chi connectivity index (χ3n) is 5.02. The Morgan fingerprint density at radius 1 is 1.11 bits per heavy atom. The summed E-state index contributed by atoms with van der Waals surface area (Å²) in [6.07, 6.45) is 10.1. The maximum Gasteiger partial charge on any atom is 0.127 e. The fraction of sp³-hybridized carbons (Fsp3) is 0.938. The number of carbonyl (C=O) groups is 1. The summed E-state index contributed by atoms with van der Waals surface area (Å²) in [5.41, 5.74) is -0.0226. The van der Waals surface area contributed by atoms with Crippen LogP contribution in [0, 0.1) is 17.3 Å². The molecule has 1 aliphatic heterocycles. The van der Waals surface area contributed by atoms with Gasteiger partial charge in [-0.1, -0.05) is 26.7 Å². The zero-order valence-corrected chi connectivity index (χ0v) is 12.2. The summed E-state index contributed by atoms with van der Waals surface area (Å²) in [7, 11) is 0. The van der Waals surface area contributed by atoms with Crippen molar-refractivity contribution < 1.29 is 4.79 Å². The summed E-state index contributed by atoms with van der Waals surface area (Å²) < 4.78 is 0. The Kier molecular flexibility index (Phi) is 4.83. The normalized spacial score (nSPS) is 39.2. The van der Waals surface area contributed by atoms with Gasteiger partial charge in [0.1, 0.15) is 6.29 Å². The van der Waals surface area contributed by atoms with E-state index >= 15 is 0 Å². The first-order valence-corrected chi connectivity index (χ1v) is 7.82. The van der Waals surface area contributed by atoms with Crippen LogP contribution in [0.1, 0.15) is 58.8 Å². The van der Waals surface area contributed by atoms with Gasteiger partial charge in [-0.25, -0.2) is 0 Å². The number of rotatable bonds is 3. The van der Waals surface area contributed by atoms with Crippen LogP contribution in [0.5, 0.6) is 0 Å². The quantitative estimate of drug-likeness (QED) is 0.716. The molecule has 2 fully saturated rings. The van der Waals surface area contributed by atoms with Crippen LogP contribution in [0.4, 0.5) is 0 Å². The first-order chi connectivity index (χ1) is 8.63. The minimum atomic E-state index is -0.0226. The SMILES string of the molecule is CC1CCCN(CC2(C=O)CCCC(C)C2)CC1. The average molecular weight is 251 g/mol. The second-order valence-corrected chi connectivity index (χ2v) is 6.99. The highest BCUT2D eigenvalue weighted by Gasteiger charge is 2.36. The second-order valence-electron chi connectivity index (χ2n) is 6.99. The monoisotopic (exact) mass is 251 g/mol. The maximum atomic E-state index is 11.6. The predicted molar refractivity (Wildman–Crippen MR) is 75.6 cm³/mol. The average Bonchev–Trinajstić information content (AvgIpc) is 2.54. The molecule has 104 valence electrons. The smallest absolute Gasteiger partial charge is 0.127 e. The van der Waals surface area contributed by atoms with Crippen LogP contribution in [0.3, 0.4) is 0 Å². The summed E-state index contributed by atoms with van der Waals surface area (Å²) in [6, 6.07) is 0. The number of hydrogen-bond acceptors (Lipinski definition) is 2. The van der Waals surface area contributed by atoms with Gasteiger partial charge in [0.25, 0.3) is 0 Å². The topological polar surface area (TPSA) is 20.3 Å². The molecule has 0 aromatic heterocycles. The van der Waals surface area contributed by atoms with Crippen LogP contribution in [-0.2, 0) is 4.79 Å². The number of likely N-dealkylation sites (tertiary alicyclic amines) is 1. The van der Waals surface area contributed by atoms with Gasteiger partial charge in [0.2, 0.25) is 0 Å². The fourth-order valence-corrected chi connectivity index (χ4v) is 3.91. The van der Waals surface area contributed by atoms with Gasteiger partial charge in [0.15, 0.2) is 0 Å². The summed E-state index contributed by atoms with van der Waals surface area (Å²) >= 11 is 0. The third kappa shape index (κ3) is 3.57. The highest BCUT2D eigenvalue weighted by atomic mass is 16.1. The number of hydrogen-bond donors (Lipinski definition) is 0. The maximum absolute atomic E-state index is 11.6. The van der Waals surface area contributed by atoms with Crippen molar-refractivity contribution in [2.45, 2.75) is 58.8 Å². The third-order valence-corrected chi connectivity index (χ3v) is 5.02. The van der Waals surface area contributed by atoms with Gasteiger partial charge in [-0.15, -0.1) is 0 Å². The van der Waals surface area contributed by atoms with Crippen LogP contribution in [0.15, 0.2) is 0 Å². The molecule has 2 rings (SSSR count). The van der Waals surface area contributed by atoms with Crippen molar-refractivity contribution >= 4 is 6.29 Å². The number of nitrogens with zero attached hydrogens (tertiary/aromatic N) is 1. The van der Waals surface area contributed by atoms with Crippen LogP contribution in [0.25, 0.3) is 0 Å². The Bertz CT molecular complexity index is 278. The molecule has 0 aromatic carbocycles. The van der Waals surface area contributed by atoms with E-state index in [0.717, 1.165) is 31.2 Å². The first kappa shape index (κ1) is 14.0. The minimum Gasteiger partial charge on any atom is -0.303 e. The fourth-order valence-electron chi connectivity index (χ4n) is 3.91. The molecule has 3 unspecified atom stereocenters. The zero-order chi connectivity index (χ0) is 13.0. The standard InChI is InChI=1S/C16H29NO/c1-14-6-4-9-17(10-7-14)12-16(13-18)8-3-5-15(2)11-16/h13-15H,3-12H2,1-2H3. The van der Waals surface area contributed by atoms with E-state index in [1.54, 1.807) is 0 Å². The molecule has 1 aliphatic carbocycles. The van der Waals surface area contributed by atoms with Crippen molar-refractivity contribution in [1.82, 2.24) is 4.90 Å². The summed E-state index contributed by atoms with van der Waals surface area (Å²) in [4.78, 5) is 14.2. The lowest BCUT2D eigenvalue weighted by Crippen LogP contribution is -2.42. The molecular formula is C16H29NO. The first-order valence-electron chi connectivity index (χ1n) is 7.82. The second kappa shape index (κ2) is 6.18. The number of carbonyl (C=O) groups excluding carboxylic acids is 1. The largest absolute Gasteiger partial charge is 0.303 e. The molecule has 2 nitrogen and oxygen atoms in total. The lowest BCUT2D eigenvalue weighted by molar-refractivity contribution is -0.120. The Hall–Kier alpha value is -0.370. The molecule has 3 atom stereocenters. The number of aldehydes is 1. The van der Waals surface area contributed by atoms with Gasteiger partial charge in [-0.05, 0) is 57.0 Å². The van der Waals surface area contributed by atoms with Crippen LogP contribution < -0.4 is 0 Å². The van der Waals surface area contributed by atoms with Gasteiger partial charge in [-0.3, -0.25) is 0 Å². The predicted octanol–water partition coefficient (Wildman–Crippen LogP) is 3.50. The molecule has 0 N–H and O–H groups in total. The van der Waals surface area contributed by atoms with Gasteiger partial charge in [-0.2, -0.15) is 0 Å². The summed E-state index contributed by atoms with van der Waals surface area (Å²) in [5.74, 6) is 1.60. The highest BCUT2D eigenvalue weighted by molar-refractivity contribution is 5.60. The van der Waals surface area contributed by atoms with E-state index < -0.39 is 0 Å². The molecule has 0 spiro atoms.